The molecule has 0 saturated carbocycles. The van der Waals surface area contributed by atoms with Crippen molar-refractivity contribution in [3.8, 4) is 5.75 Å². The minimum atomic E-state index is -3.85. The highest BCUT2D eigenvalue weighted by atomic mass is 35.7. The van der Waals surface area contributed by atoms with Crippen LogP contribution in [0.2, 0.25) is 5.02 Å². The number of halogens is 3. The smallest absolute Gasteiger partial charge is 0.260 e. The van der Waals surface area contributed by atoms with Crippen molar-refractivity contribution < 1.29 is 17.5 Å². The Hall–Kier alpha value is -0.780. The molecule has 0 fully saturated rings. The number of benzene rings is 1. The summed E-state index contributed by atoms with van der Waals surface area (Å²) >= 11 is 5.73. The first-order valence-electron chi connectivity index (χ1n) is 4.15. The first-order valence-corrected chi connectivity index (χ1v) is 6.84. The fourth-order valence-corrected chi connectivity index (χ4v) is 2.34. The van der Waals surface area contributed by atoms with E-state index in [4.69, 9.17) is 27.0 Å². The maximum Gasteiger partial charge on any atom is 0.260 e. The summed E-state index contributed by atoms with van der Waals surface area (Å²) in [4.78, 5) is -0.122. The van der Waals surface area contributed by atoms with Gasteiger partial charge in [0.2, 0.25) is 0 Å². The van der Waals surface area contributed by atoms with Gasteiger partial charge in [0.1, 0.15) is 18.2 Å². The Morgan fingerprint density at radius 2 is 2.06 bits per heavy atom. The molecule has 3 nitrogen and oxygen atoms in total. The van der Waals surface area contributed by atoms with Crippen molar-refractivity contribution in [2.45, 2.75) is 0 Å². The van der Waals surface area contributed by atoms with E-state index in [1.165, 1.54) is 6.08 Å². The predicted octanol–water partition coefficient (Wildman–Crippen LogP) is 2.78. The molecule has 1 aromatic rings. The molecule has 1 heterocycles. The molecule has 0 aromatic heterocycles. The van der Waals surface area contributed by atoms with Crippen LogP contribution in [0.15, 0.2) is 17.0 Å². The third-order valence-corrected chi connectivity index (χ3v) is 3.76. The van der Waals surface area contributed by atoms with Gasteiger partial charge in [-0.1, -0.05) is 11.6 Å². The van der Waals surface area contributed by atoms with E-state index in [0.717, 1.165) is 12.1 Å². The molecule has 0 atom stereocenters. The van der Waals surface area contributed by atoms with Crippen LogP contribution in [0.1, 0.15) is 5.56 Å². The van der Waals surface area contributed by atoms with Crippen LogP contribution in [0, 0.1) is 5.82 Å². The number of hydrogen-bond acceptors (Lipinski definition) is 3. The lowest BCUT2D eigenvalue weighted by atomic mass is 10.1. The summed E-state index contributed by atoms with van der Waals surface area (Å²) in [6, 6.07) is 2.22. The van der Waals surface area contributed by atoms with E-state index in [-0.39, 0.29) is 27.8 Å². The third-order valence-electron chi connectivity index (χ3n) is 2.03. The molecule has 0 spiro atoms. The van der Waals surface area contributed by atoms with E-state index in [2.05, 4.69) is 0 Å². The molecule has 2 rings (SSSR count). The van der Waals surface area contributed by atoms with Crippen LogP contribution in [0.5, 0.6) is 5.75 Å². The fraction of sp³-hybridized carbons (Fsp3) is 0.111. The second-order valence-electron chi connectivity index (χ2n) is 3.14. The second-order valence-corrected chi connectivity index (χ2v) is 6.17. The Labute approximate surface area is 101 Å². The van der Waals surface area contributed by atoms with Crippen molar-refractivity contribution in [2.24, 2.45) is 0 Å². The number of rotatable bonds is 1. The first kappa shape index (κ1) is 11.7. The Balaban J connectivity index is 2.60. The van der Waals surface area contributed by atoms with Crippen molar-refractivity contribution in [1.82, 2.24) is 0 Å². The molecule has 0 unspecified atom stereocenters. The van der Waals surface area contributed by atoms with Gasteiger partial charge in [-0.15, -0.1) is 0 Å². The molecule has 16 heavy (non-hydrogen) atoms. The topological polar surface area (TPSA) is 43.4 Å². The maximum absolute atomic E-state index is 13.0. The molecule has 0 aliphatic carbocycles. The molecule has 86 valence electrons. The molecule has 1 aromatic carbocycles. The van der Waals surface area contributed by atoms with Gasteiger partial charge in [-0.05, 0) is 18.2 Å². The van der Waals surface area contributed by atoms with Gasteiger partial charge < -0.3 is 4.74 Å². The van der Waals surface area contributed by atoms with Crippen LogP contribution >= 0.6 is 22.3 Å². The van der Waals surface area contributed by atoms with E-state index in [1.54, 1.807) is 0 Å². The molecule has 0 N–H and O–H groups in total. The van der Waals surface area contributed by atoms with Crippen molar-refractivity contribution in [2.75, 3.05) is 6.61 Å². The number of ether oxygens (including phenoxy) is 1. The summed E-state index contributed by atoms with van der Waals surface area (Å²) in [5.41, 5.74) is 0.260. The Morgan fingerprint density at radius 3 is 2.69 bits per heavy atom. The van der Waals surface area contributed by atoms with Crippen molar-refractivity contribution in [1.29, 1.82) is 0 Å². The molecule has 7 heteroatoms. The lowest BCUT2D eigenvalue weighted by Crippen LogP contribution is -2.12. The second kappa shape index (κ2) is 3.91. The van der Waals surface area contributed by atoms with Gasteiger partial charge in [0.15, 0.2) is 0 Å². The number of hydrogen-bond donors (Lipinski definition) is 0. The van der Waals surface area contributed by atoms with E-state index in [1.807, 2.05) is 0 Å². The third kappa shape index (κ3) is 2.16. The average Bonchev–Trinajstić information content (AvgIpc) is 2.15. The molecule has 0 bridgehead atoms. The molecular weight excluding hydrogens is 278 g/mol. The standard InChI is InChI=1S/C9H5Cl2FO3S/c10-8-3-6(12)1-5-2-7(16(11,13)14)4-15-9(5)8/h1-3H,4H2. The summed E-state index contributed by atoms with van der Waals surface area (Å²) in [6.45, 7) is -0.204. The minimum Gasteiger partial charge on any atom is -0.486 e. The van der Waals surface area contributed by atoms with Crippen LogP contribution in [-0.4, -0.2) is 15.0 Å². The quantitative estimate of drug-likeness (QED) is 0.744. The van der Waals surface area contributed by atoms with Gasteiger partial charge in [0, 0.05) is 16.2 Å². The summed E-state index contributed by atoms with van der Waals surface area (Å²) in [6.07, 6.45) is 1.25. The van der Waals surface area contributed by atoms with Crippen LogP contribution < -0.4 is 4.74 Å². The van der Waals surface area contributed by atoms with Crippen LogP contribution in [0.3, 0.4) is 0 Å². The van der Waals surface area contributed by atoms with Crippen molar-refractivity contribution in [3.63, 3.8) is 0 Å². The van der Waals surface area contributed by atoms with Gasteiger partial charge in [-0.3, -0.25) is 0 Å². The average molecular weight is 283 g/mol. The van der Waals surface area contributed by atoms with Gasteiger partial charge in [-0.25, -0.2) is 12.8 Å². The maximum atomic E-state index is 13.0. The highest BCUT2D eigenvalue weighted by Gasteiger charge is 2.22. The van der Waals surface area contributed by atoms with E-state index >= 15 is 0 Å². The van der Waals surface area contributed by atoms with Gasteiger partial charge in [-0.2, -0.15) is 0 Å². The largest absolute Gasteiger partial charge is 0.486 e. The van der Waals surface area contributed by atoms with E-state index in [9.17, 15) is 12.8 Å². The fourth-order valence-electron chi connectivity index (χ4n) is 1.34. The zero-order valence-corrected chi connectivity index (χ0v) is 10.0. The highest BCUT2D eigenvalue weighted by Crippen LogP contribution is 2.36. The van der Waals surface area contributed by atoms with Crippen molar-refractivity contribution in [3.05, 3.63) is 33.4 Å². The molecule has 1 aliphatic heterocycles. The lowest BCUT2D eigenvalue weighted by molar-refractivity contribution is 0.353. The monoisotopic (exact) mass is 282 g/mol. The van der Waals surface area contributed by atoms with Crippen LogP contribution in [0.25, 0.3) is 6.08 Å². The van der Waals surface area contributed by atoms with Crippen LogP contribution in [-0.2, 0) is 9.05 Å². The summed E-state index contributed by atoms with van der Waals surface area (Å²) in [5.74, 6) is -0.316. The molecular formula is C9H5Cl2FO3S. The molecule has 0 radical (unpaired) electrons. The molecule has 0 amide bonds. The van der Waals surface area contributed by atoms with Gasteiger partial charge >= 0.3 is 0 Å². The first-order chi connectivity index (χ1) is 7.38. The molecule has 0 saturated heterocycles. The Bertz CT molecular complexity index is 581. The molecule has 1 aliphatic rings. The minimum absolute atomic E-state index is 0.0947. The summed E-state index contributed by atoms with van der Waals surface area (Å²) in [5, 5.41) is 0.0947. The summed E-state index contributed by atoms with van der Waals surface area (Å²) in [7, 11) is 1.30. The van der Waals surface area contributed by atoms with Crippen LogP contribution in [0.4, 0.5) is 4.39 Å². The predicted molar refractivity (Wildman–Crippen MR) is 59.7 cm³/mol. The van der Waals surface area contributed by atoms with Gasteiger partial charge in [0.05, 0.1) is 9.93 Å². The Morgan fingerprint density at radius 1 is 1.38 bits per heavy atom. The zero-order chi connectivity index (χ0) is 11.9. The Kier molecular flexibility index (Phi) is 2.86. The summed E-state index contributed by atoms with van der Waals surface area (Å²) < 4.78 is 40.3. The lowest BCUT2D eigenvalue weighted by Gasteiger charge is -2.17. The van der Waals surface area contributed by atoms with E-state index < -0.39 is 14.9 Å². The number of fused-ring (bicyclic) bond motifs is 1. The van der Waals surface area contributed by atoms with E-state index in [0.29, 0.717) is 0 Å². The zero-order valence-electron chi connectivity index (χ0n) is 7.71. The normalized spacial score (nSPS) is 15.1. The SMILES string of the molecule is O=S(=O)(Cl)C1=Cc2cc(F)cc(Cl)c2OC1. The van der Waals surface area contributed by atoms with Gasteiger partial charge in [0.25, 0.3) is 9.05 Å². The highest BCUT2D eigenvalue weighted by molar-refractivity contribution is 8.17. The van der Waals surface area contributed by atoms with Crippen molar-refractivity contribution >= 4 is 37.4 Å².